The van der Waals surface area contributed by atoms with Gasteiger partial charge < -0.3 is 0 Å². The Kier molecular flexibility index (Phi) is 4.29. The molecule has 3 nitrogen and oxygen atoms in total. The van der Waals surface area contributed by atoms with Gasteiger partial charge in [0.05, 0.1) is 0 Å². The second-order valence-electron chi connectivity index (χ2n) is 3.51. The van der Waals surface area contributed by atoms with Gasteiger partial charge in [0, 0.05) is 11.1 Å². The first-order valence-corrected chi connectivity index (χ1v) is 6.70. The van der Waals surface area contributed by atoms with Crippen LogP contribution >= 0.6 is 11.6 Å². The normalized spacial score (nSPS) is 13.8. The molecule has 0 aromatic heterocycles. The highest BCUT2D eigenvalue weighted by atomic mass is 35.5. The molecule has 0 bridgehead atoms. The van der Waals surface area contributed by atoms with Gasteiger partial charge >= 0.3 is 0 Å². The molecule has 0 fully saturated rings. The molecule has 0 radical (unpaired) electrons. The van der Waals surface area contributed by atoms with Crippen molar-refractivity contribution >= 4 is 21.6 Å². The number of hydrogen-bond acceptors (Lipinski definition) is 2. The van der Waals surface area contributed by atoms with E-state index in [0.29, 0.717) is 6.42 Å². The second kappa shape index (κ2) is 5.12. The molecule has 1 N–H and O–H groups in total. The van der Waals surface area contributed by atoms with Crippen LogP contribution in [0.25, 0.3) is 0 Å². The van der Waals surface area contributed by atoms with Gasteiger partial charge in [-0.05, 0) is 31.5 Å². The lowest BCUT2D eigenvalue weighted by Gasteiger charge is -2.12. The Morgan fingerprint density at radius 3 is 2.69 bits per heavy atom. The van der Waals surface area contributed by atoms with Gasteiger partial charge in [-0.2, -0.15) is 0 Å². The molecule has 1 unspecified atom stereocenters. The fourth-order valence-corrected chi connectivity index (χ4v) is 2.76. The van der Waals surface area contributed by atoms with E-state index in [0.717, 1.165) is 12.1 Å². The van der Waals surface area contributed by atoms with Crippen LogP contribution in [0.1, 0.15) is 20.3 Å². The van der Waals surface area contributed by atoms with Crippen LogP contribution in [0.3, 0.4) is 0 Å². The molecule has 0 aliphatic heterocycles. The summed E-state index contributed by atoms with van der Waals surface area (Å²) < 4.78 is 39.2. The average Bonchev–Trinajstić information content (AvgIpc) is 2.20. The van der Waals surface area contributed by atoms with Crippen molar-refractivity contribution in [2.45, 2.75) is 31.2 Å². The smallest absolute Gasteiger partial charge is 0.208 e. The number of hydrogen-bond donors (Lipinski definition) is 1. The summed E-state index contributed by atoms with van der Waals surface area (Å²) >= 11 is 5.63. The molecule has 1 aromatic carbocycles. The molecule has 0 aliphatic carbocycles. The van der Waals surface area contributed by atoms with Crippen molar-refractivity contribution in [3.05, 3.63) is 29.0 Å². The van der Waals surface area contributed by atoms with Crippen molar-refractivity contribution < 1.29 is 12.8 Å². The summed E-state index contributed by atoms with van der Waals surface area (Å²) in [7, 11) is -3.83. The van der Waals surface area contributed by atoms with E-state index < -0.39 is 20.7 Å². The lowest BCUT2D eigenvalue weighted by atomic mass is 10.3. The van der Waals surface area contributed by atoms with E-state index in [1.54, 1.807) is 6.92 Å². The van der Waals surface area contributed by atoms with E-state index in [9.17, 15) is 12.8 Å². The predicted octanol–water partition coefficient (Wildman–Crippen LogP) is 2.56. The zero-order chi connectivity index (χ0) is 12.3. The van der Waals surface area contributed by atoms with Gasteiger partial charge in [0.1, 0.15) is 10.7 Å². The van der Waals surface area contributed by atoms with Crippen LogP contribution in [0.2, 0.25) is 5.02 Å². The van der Waals surface area contributed by atoms with E-state index in [1.165, 1.54) is 6.07 Å². The van der Waals surface area contributed by atoms with Crippen LogP contribution in [0.5, 0.6) is 0 Å². The molecular formula is C10H13ClFNO2S. The van der Waals surface area contributed by atoms with E-state index in [4.69, 9.17) is 11.6 Å². The van der Waals surface area contributed by atoms with Crippen LogP contribution in [-0.4, -0.2) is 14.5 Å². The van der Waals surface area contributed by atoms with E-state index >= 15 is 0 Å². The van der Waals surface area contributed by atoms with Gasteiger partial charge in [-0.1, -0.05) is 18.5 Å². The van der Waals surface area contributed by atoms with Gasteiger partial charge in [0.25, 0.3) is 0 Å². The summed E-state index contributed by atoms with van der Waals surface area (Å²) in [5, 5.41) is 0.186. The molecular weight excluding hydrogens is 253 g/mol. The minimum Gasteiger partial charge on any atom is -0.208 e. The molecule has 0 spiro atoms. The Morgan fingerprint density at radius 1 is 1.50 bits per heavy atom. The Labute approximate surface area is 99.7 Å². The fourth-order valence-electron chi connectivity index (χ4n) is 1.09. The number of nitrogens with one attached hydrogen (secondary N) is 1. The van der Waals surface area contributed by atoms with Crippen molar-refractivity contribution in [1.82, 2.24) is 4.72 Å². The number of benzene rings is 1. The van der Waals surface area contributed by atoms with Crippen LogP contribution < -0.4 is 4.72 Å². The maximum Gasteiger partial charge on any atom is 0.243 e. The zero-order valence-corrected chi connectivity index (χ0v) is 10.6. The quantitative estimate of drug-likeness (QED) is 0.909. The van der Waals surface area contributed by atoms with Gasteiger partial charge in [0.2, 0.25) is 10.0 Å². The van der Waals surface area contributed by atoms with E-state index in [1.807, 2.05) is 6.92 Å². The lowest BCUT2D eigenvalue weighted by molar-refractivity contribution is 0.539. The molecule has 16 heavy (non-hydrogen) atoms. The van der Waals surface area contributed by atoms with Crippen molar-refractivity contribution in [1.29, 1.82) is 0 Å². The molecule has 6 heteroatoms. The fraction of sp³-hybridized carbons (Fsp3) is 0.400. The molecule has 1 atom stereocenters. The van der Waals surface area contributed by atoms with Crippen molar-refractivity contribution in [2.75, 3.05) is 0 Å². The minimum absolute atomic E-state index is 0.186. The summed E-state index contributed by atoms with van der Waals surface area (Å²) in [6, 6.07) is 3.19. The number of rotatable bonds is 4. The standard InChI is InChI=1S/C10H13ClFNO2S/c1-3-7(2)13-16(14,15)10-6-8(11)4-5-9(10)12/h4-7,13H,3H2,1-2H3. The van der Waals surface area contributed by atoms with Crippen molar-refractivity contribution in [3.8, 4) is 0 Å². The first-order valence-electron chi connectivity index (χ1n) is 4.84. The summed E-state index contributed by atoms with van der Waals surface area (Å²) in [5.41, 5.74) is 0. The highest BCUT2D eigenvalue weighted by Crippen LogP contribution is 2.19. The Morgan fingerprint density at radius 2 is 2.12 bits per heavy atom. The molecule has 1 aromatic rings. The minimum atomic E-state index is -3.83. The van der Waals surface area contributed by atoms with Crippen LogP contribution in [0.4, 0.5) is 4.39 Å². The topological polar surface area (TPSA) is 46.2 Å². The van der Waals surface area contributed by atoms with Gasteiger partial charge in [-0.3, -0.25) is 0 Å². The van der Waals surface area contributed by atoms with E-state index in [2.05, 4.69) is 4.72 Å². The SMILES string of the molecule is CCC(C)NS(=O)(=O)c1cc(Cl)ccc1F. The third kappa shape index (κ3) is 3.17. The third-order valence-electron chi connectivity index (χ3n) is 2.15. The van der Waals surface area contributed by atoms with Crippen LogP contribution in [0.15, 0.2) is 23.1 Å². The largest absolute Gasteiger partial charge is 0.243 e. The molecule has 0 saturated heterocycles. The number of sulfonamides is 1. The first kappa shape index (κ1) is 13.4. The van der Waals surface area contributed by atoms with Crippen molar-refractivity contribution in [3.63, 3.8) is 0 Å². The summed E-state index contributed by atoms with van der Waals surface area (Å²) in [6.07, 6.45) is 0.626. The van der Waals surface area contributed by atoms with Gasteiger partial charge in [0.15, 0.2) is 0 Å². The summed E-state index contributed by atoms with van der Waals surface area (Å²) in [5.74, 6) is -0.805. The summed E-state index contributed by atoms with van der Waals surface area (Å²) in [4.78, 5) is -0.416. The molecule has 0 saturated carbocycles. The van der Waals surface area contributed by atoms with Crippen LogP contribution in [-0.2, 0) is 10.0 Å². The first-order chi connectivity index (χ1) is 7.36. The maximum absolute atomic E-state index is 13.3. The Balaban J connectivity index is 3.12. The Hall–Kier alpha value is -0.650. The molecule has 0 amide bonds. The monoisotopic (exact) mass is 265 g/mol. The van der Waals surface area contributed by atoms with Crippen LogP contribution in [0, 0.1) is 5.82 Å². The molecule has 0 heterocycles. The molecule has 90 valence electrons. The van der Waals surface area contributed by atoms with E-state index in [-0.39, 0.29) is 11.1 Å². The zero-order valence-electron chi connectivity index (χ0n) is 9.00. The second-order valence-corrected chi connectivity index (χ2v) is 5.62. The van der Waals surface area contributed by atoms with Gasteiger partial charge in [-0.15, -0.1) is 0 Å². The third-order valence-corrected chi connectivity index (χ3v) is 3.99. The molecule has 0 aliphatic rings. The van der Waals surface area contributed by atoms with Gasteiger partial charge in [-0.25, -0.2) is 17.5 Å². The number of halogens is 2. The maximum atomic E-state index is 13.3. The summed E-state index contributed by atoms with van der Waals surface area (Å²) in [6.45, 7) is 3.54. The Bertz CT molecular complexity index is 476. The highest BCUT2D eigenvalue weighted by molar-refractivity contribution is 7.89. The predicted molar refractivity (Wildman–Crippen MR) is 61.5 cm³/mol. The van der Waals surface area contributed by atoms with Crippen molar-refractivity contribution in [2.24, 2.45) is 0 Å². The highest BCUT2D eigenvalue weighted by Gasteiger charge is 2.20. The molecule has 1 rings (SSSR count). The average molecular weight is 266 g/mol. The lowest BCUT2D eigenvalue weighted by Crippen LogP contribution is -2.32.